The van der Waals surface area contributed by atoms with Crippen molar-refractivity contribution in [1.82, 2.24) is 10.2 Å². The van der Waals surface area contributed by atoms with Crippen LogP contribution in [0.25, 0.3) is 0 Å². The zero-order valence-corrected chi connectivity index (χ0v) is 12.9. The summed E-state index contributed by atoms with van der Waals surface area (Å²) in [5.41, 5.74) is 0.684. The molecule has 1 rings (SSSR count). The van der Waals surface area contributed by atoms with Crippen molar-refractivity contribution in [3.63, 3.8) is 0 Å². The van der Waals surface area contributed by atoms with E-state index in [1.54, 1.807) is 0 Å². The molecular formula is C13H19IN2O2. The Morgan fingerprint density at radius 2 is 1.94 bits per heavy atom. The molecule has 0 saturated heterocycles. The Kier molecular flexibility index (Phi) is 7.22. The van der Waals surface area contributed by atoms with Crippen LogP contribution in [0.15, 0.2) is 24.3 Å². The van der Waals surface area contributed by atoms with Gasteiger partial charge in [0.05, 0.1) is 13.2 Å². The molecule has 0 aromatic heterocycles. The fraction of sp³-hybridized carbons (Fsp3) is 0.462. The lowest BCUT2D eigenvalue weighted by Crippen LogP contribution is -2.28. The summed E-state index contributed by atoms with van der Waals surface area (Å²) in [4.78, 5) is 13.8. The average molecular weight is 362 g/mol. The first-order valence-corrected chi connectivity index (χ1v) is 6.93. The molecule has 1 amide bonds. The third-order valence-electron chi connectivity index (χ3n) is 2.32. The van der Waals surface area contributed by atoms with E-state index in [0.717, 1.165) is 10.1 Å². The van der Waals surface area contributed by atoms with Gasteiger partial charge in [0.2, 0.25) is 0 Å². The van der Waals surface area contributed by atoms with Crippen molar-refractivity contribution in [1.29, 1.82) is 0 Å². The maximum atomic E-state index is 11.7. The molecule has 18 heavy (non-hydrogen) atoms. The number of carbonyl (C=O) groups excluding carboxylic acids is 1. The predicted molar refractivity (Wildman–Crippen MR) is 80.9 cm³/mol. The fourth-order valence-electron chi connectivity index (χ4n) is 1.29. The highest BCUT2D eigenvalue weighted by atomic mass is 127. The first-order valence-electron chi connectivity index (χ1n) is 5.86. The summed E-state index contributed by atoms with van der Waals surface area (Å²) in [6.45, 7) is 2.67. The van der Waals surface area contributed by atoms with Crippen molar-refractivity contribution in [3.05, 3.63) is 33.4 Å². The minimum Gasteiger partial charge on any atom is -0.378 e. The summed E-state index contributed by atoms with van der Waals surface area (Å²) < 4.78 is 6.51. The number of benzene rings is 1. The van der Waals surface area contributed by atoms with Crippen molar-refractivity contribution in [2.24, 2.45) is 0 Å². The first kappa shape index (κ1) is 15.4. The van der Waals surface area contributed by atoms with Crippen LogP contribution in [0, 0.1) is 3.57 Å². The van der Waals surface area contributed by atoms with Gasteiger partial charge in [-0.15, -0.1) is 0 Å². The van der Waals surface area contributed by atoms with E-state index in [9.17, 15) is 4.79 Å². The lowest BCUT2D eigenvalue weighted by atomic mass is 10.2. The Labute approximate surface area is 122 Å². The van der Waals surface area contributed by atoms with Gasteiger partial charge in [0.25, 0.3) is 5.91 Å². The Hall–Kier alpha value is -0.660. The fourth-order valence-corrected chi connectivity index (χ4v) is 1.65. The van der Waals surface area contributed by atoms with E-state index in [0.29, 0.717) is 25.3 Å². The monoisotopic (exact) mass is 362 g/mol. The molecule has 0 atom stereocenters. The largest absolute Gasteiger partial charge is 0.378 e. The standard InChI is InChI=1S/C13H19IN2O2/c1-16(2)8-10-18-9-7-15-13(17)11-3-5-12(14)6-4-11/h3-6H,7-10H2,1-2H3,(H,15,17). The van der Waals surface area contributed by atoms with Crippen LogP contribution in [0.4, 0.5) is 0 Å². The third kappa shape index (κ3) is 6.32. The Morgan fingerprint density at radius 1 is 1.28 bits per heavy atom. The van der Waals surface area contributed by atoms with Crippen LogP contribution in [0.2, 0.25) is 0 Å². The van der Waals surface area contributed by atoms with Crippen LogP contribution in [0.5, 0.6) is 0 Å². The van der Waals surface area contributed by atoms with E-state index in [1.165, 1.54) is 0 Å². The minimum absolute atomic E-state index is 0.0531. The molecular weight excluding hydrogens is 343 g/mol. The number of nitrogens with one attached hydrogen (secondary N) is 1. The highest BCUT2D eigenvalue weighted by molar-refractivity contribution is 14.1. The molecule has 0 heterocycles. The number of carbonyl (C=O) groups is 1. The number of likely N-dealkylation sites (N-methyl/N-ethyl adjacent to an activating group) is 1. The quantitative estimate of drug-likeness (QED) is 0.592. The maximum Gasteiger partial charge on any atom is 0.251 e. The molecule has 0 bridgehead atoms. The van der Waals surface area contributed by atoms with Crippen LogP contribution in [0.1, 0.15) is 10.4 Å². The second-order valence-electron chi connectivity index (χ2n) is 4.18. The average Bonchev–Trinajstić information content (AvgIpc) is 2.34. The van der Waals surface area contributed by atoms with E-state index < -0.39 is 0 Å². The number of amides is 1. The molecule has 1 aromatic rings. The van der Waals surface area contributed by atoms with Gasteiger partial charge in [0.1, 0.15) is 0 Å². The zero-order chi connectivity index (χ0) is 13.4. The highest BCUT2D eigenvalue weighted by Gasteiger charge is 2.03. The molecule has 0 fully saturated rings. The van der Waals surface area contributed by atoms with Crippen LogP contribution in [-0.2, 0) is 4.74 Å². The summed E-state index contributed by atoms with van der Waals surface area (Å²) in [7, 11) is 4.00. The molecule has 0 aliphatic heterocycles. The number of hydrogen-bond donors (Lipinski definition) is 1. The number of nitrogens with zero attached hydrogens (tertiary/aromatic N) is 1. The molecule has 0 radical (unpaired) electrons. The smallest absolute Gasteiger partial charge is 0.251 e. The van der Waals surface area contributed by atoms with Crippen LogP contribution in [0.3, 0.4) is 0 Å². The topological polar surface area (TPSA) is 41.6 Å². The Bertz CT molecular complexity index is 366. The molecule has 100 valence electrons. The molecule has 0 unspecified atom stereocenters. The van der Waals surface area contributed by atoms with E-state index in [4.69, 9.17) is 4.74 Å². The lowest BCUT2D eigenvalue weighted by molar-refractivity contribution is 0.0900. The second kappa shape index (κ2) is 8.44. The Balaban J connectivity index is 2.16. The summed E-state index contributed by atoms with van der Waals surface area (Å²) in [6.07, 6.45) is 0. The van der Waals surface area contributed by atoms with E-state index in [-0.39, 0.29) is 5.91 Å². The Morgan fingerprint density at radius 3 is 2.56 bits per heavy atom. The molecule has 1 aromatic carbocycles. The van der Waals surface area contributed by atoms with E-state index in [1.807, 2.05) is 38.4 Å². The molecule has 4 nitrogen and oxygen atoms in total. The SMILES string of the molecule is CN(C)CCOCCNC(=O)c1ccc(I)cc1. The van der Waals surface area contributed by atoms with Gasteiger partial charge in [-0.1, -0.05) is 0 Å². The number of rotatable bonds is 7. The molecule has 0 saturated carbocycles. The first-order chi connectivity index (χ1) is 8.59. The minimum atomic E-state index is -0.0531. The lowest BCUT2D eigenvalue weighted by Gasteiger charge is -2.10. The summed E-state index contributed by atoms with van der Waals surface area (Å²) in [5.74, 6) is -0.0531. The van der Waals surface area contributed by atoms with Gasteiger partial charge >= 0.3 is 0 Å². The molecule has 1 N–H and O–H groups in total. The second-order valence-corrected chi connectivity index (χ2v) is 5.42. The van der Waals surface area contributed by atoms with Gasteiger partial charge < -0.3 is 15.0 Å². The van der Waals surface area contributed by atoms with Crippen molar-refractivity contribution in [3.8, 4) is 0 Å². The number of hydrogen-bond acceptors (Lipinski definition) is 3. The van der Waals surface area contributed by atoms with E-state index in [2.05, 4.69) is 32.8 Å². The molecule has 0 aliphatic rings. The van der Waals surface area contributed by atoms with Gasteiger partial charge in [-0.25, -0.2) is 0 Å². The van der Waals surface area contributed by atoms with Gasteiger partial charge in [0.15, 0.2) is 0 Å². The van der Waals surface area contributed by atoms with E-state index >= 15 is 0 Å². The summed E-state index contributed by atoms with van der Waals surface area (Å²) >= 11 is 2.21. The van der Waals surface area contributed by atoms with Gasteiger partial charge in [-0.05, 0) is 61.0 Å². The van der Waals surface area contributed by atoms with Crippen molar-refractivity contribution < 1.29 is 9.53 Å². The van der Waals surface area contributed by atoms with Gasteiger partial charge in [-0.3, -0.25) is 4.79 Å². The molecule has 0 aliphatic carbocycles. The molecule has 5 heteroatoms. The van der Waals surface area contributed by atoms with Crippen molar-refractivity contribution in [2.75, 3.05) is 40.4 Å². The maximum absolute atomic E-state index is 11.7. The van der Waals surface area contributed by atoms with Crippen LogP contribution >= 0.6 is 22.6 Å². The van der Waals surface area contributed by atoms with Gasteiger partial charge in [0, 0.05) is 22.2 Å². The van der Waals surface area contributed by atoms with Gasteiger partial charge in [-0.2, -0.15) is 0 Å². The van der Waals surface area contributed by atoms with Crippen molar-refractivity contribution in [2.45, 2.75) is 0 Å². The third-order valence-corrected chi connectivity index (χ3v) is 3.04. The number of halogens is 1. The zero-order valence-electron chi connectivity index (χ0n) is 10.8. The van der Waals surface area contributed by atoms with Crippen LogP contribution < -0.4 is 5.32 Å². The van der Waals surface area contributed by atoms with Crippen molar-refractivity contribution >= 4 is 28.5 Å². The highest BCUT2D eigenvalue weighted by Crippen LogP contribution is 2.06. The number of ether oxygens (including phenoxy) is 1. The summed E-state index contributed by atoms with van der Waals surface area (Å²) in [6, 6.07) is 7.49. The predicted octanol–water partition coefficient (Wildman–Crippen LogP) is 1.60. The summed E-state index contributed by atoms with van der Waals surface area (Å²) in [5, 5.41) is 2.83. The normalized spacial score (nSPS) is 10.7. The molecule has 0 spiro atoms. The van der Waals surface area contributed by atoms with Crippen LogP contribution in [-0.4, -0.2) is 51.2 Å².